The molecule has 0 unspecified atom stereocenters. The monoisotopic (exact) mass is 255 g/mol. The molecule has 0 saturated carbocycles. The van der Waals surface area contributed by atoms with Gasteiger partial charge in [-0.2, -0.15) is 5.10 Å². The van der Waals surface area contributed by atoms with Crippen LogP contribution in [0.3, 0.4) is 0 Å². The molecule has 0 bridgehead atoms. The quantitative estimate of drug-likeness (QED) is 0.622. The zero-order valence-electron chi connectivity index (χ0n) is 11.4. The molecule has 0 aliphatic heterocycles. The van der Waals surface area contributed by atoms with Crippen molar-refractivity contribution >= 4 is 17.5 Å². The predicted octanol–water partition coefficient (Wildman–Crippen LogP) is 2.38. The maximum absolute atomic E-state index is 11.9. The first kappa shape index (κ1) is 13.1. The van der Waals surface area contributed by atoms with E-state index in [1.54, 1.807) is 30.1 Å². The number of nitrogens with zero attached hydrogens (tertiary/aromatic N) is 3. The van der Waals surface area contributed by atoms with E-state index in [1.165, 1.54) is 0 Å². The molecule has 4 nitrogen and oxygen atoms in total. The second-order valence-electron chi connectivity index (χ2n) is 4.52. The standard InChI is InChI=1S/C15H17N3O/c1-17(2)13-7-4-12(5-8-13)6-9-15(19)14-10-11-16-18(14)3/h4-11H,1-3H3/b9-6+. The Bertz CT molecular complexity index is 594. The number of hydrogen-bond donors (Lipinski definition) is 0. The molecule has 0 aliphatic carbocycles. The number of ketones is 1. The Kier molecular flexibility index (Phi) is 3.80. The van der Waals surface area contributed by atoms with Crippen molar-refractivity contribution in [3.63, 3.8) is 0 Å². The number of aryl methyl sites for hydroxylation is 1. The molecule has 2 aromatic rings. The molecule has 0 atom stereocenters. The van der Waals surface area contributed by atoms with Gasteiger partial charge in [0, 0.05) is 33.0 Å². The van der Waals surface area contributed by atoms with Gasteiger partial charge in [0.15, 0.2) is 0 Å². The van der Waals surface area contributed by atoms with Gasteiger partial charge in [0.1, 0.15) is 5.69 Å². The van der Waals surface area contributed by atoms with Crippen LogP contribution in [-0.2, 0) is 7.05 Å². The first-order chi connectivity index (χ1) is 9.08. The first-order valence-corrected chi connectivity index (χ1v) is 6.06. The van der Waals surface area contributed by atoms with E-state index in [0.29, 0.717) is 5.69 Å². The van der Waals surface area contributed by atoms with E-state index in [4.69, 9.17) is 0 Å². The van der Waals surface area contributed by atoms with Crippen LogP contribution < -0.4 is 4.90 Å². The average molecular weight is 255 g/mol. The van der Waals surface area contributed by atoms with Crippen molar-refractivity contribution in [2.45, 2.75) is 0 Å². The summed E-state index contributed by atoms with van der Waals surface area (Å²) in [5.41, 5.74) is 2.72. The van der Waals surface area contributed by atoms with Crippen LogP contribution in [0.5, 0.6) is 0 Å². The van der Waals surface area contributed by atoms with Crippen LogP contribution in [-0.4, -0.2) is 29.7 Å². The Morgan fingerprint density at radius 2 is 1.89 bits per heavy atom. The van der Waals surface area contributed by atoms with Gasteiger partial charge in [-0.3, -0.25) is 9.48 Å². The minimum Gasteiger partial charge on any atom is -0.378 e. The lowest BCUT2D eigenvalue weighted by Crippen LogP contribution is -2.07. The number of rotatable bonds is 4. The molecular formula is C15H17N3O. The molecule has 0 aliphatic rings. The Morgan fingerprint density at radius 3 is 2.42 bits per heavy atom. The summed E-state index contributed by atoms with van der Waals surface area (Å²) in [5, 5.41) is 3.98. The highest BCUT2D eigenvalue weighted by molar-refractivity contribution is 6.05. The number of carbonyl (C=O) groups is 1. The van der Waals surface area contributed by atoms with Crippen LogP contribution in [0.15, 0.2) is 42.6 Å². The van der Waals surface area contributed by atoms with Gasteiger partial charge in [-0.25, -0.2) is 0 Å². The van der Waals surface area contributed by atoms with Gasteiger partial charge in [-0.05, 0) is 29.8 Å². The number of allylic oxidation sites excluding steroid dienone is 1. The van der Waals surface area contributed by atoms with Gasteiger partial charge in [0.05, 0.1) is 0 Å². The second-order valence-corrected chi connectivity index (χ2v) is 4.52. The van der Waals surface area contributed by atoms with Crippen LogP contribution in [0.2, 0.25) is 0 Å². The molecule has 0 N–H and O–H groups in total. The topological polar surface area (TPSA) is 38.1 Å². The van der Waals surface area contributed by atoms with Crippen LogP contribution in [0, 0.1) is 0 Å². The van der Waals surface area contributed by atoms with E-state index >= 15 is 0 Å². The van der Waals surface area contributed by atoms with Gasteiger partial charge in [-0.1, -0.05) is 18.2 Å². The Balaban J connectivity index is 2.10. The molecule has 0 amide bonds. The largest absolute Gasteiger partial charge is 0.378 e. The van der Waals surface area contributed by atoms with Crippen molar-refractivity contribution in [2.75, 3.05) is 19.0 Å². The summed E-state index contributed by atoms with van der Waals surface area (Å²) >= 11 is 0. The lowest BCUT2D eigenvalue weighted by atomic mass is 10.1. The first-order valence-electron chi connectivity index (χ1n) is 6.06. The molecule has 0 saturated heterocycles. The summed E-state index contributed by atoms with van der Waals surface area (Å²) < 4.78 is 1.57. The SMILES string of the molecule is CN(C)c1ccc(/C=C/C(=O)c2ccnn2C)cc1. The summed E-state index contributed by atoms with van der Waals surface area (Å²) in [7, 11) is 5.75. The predicted molar refractivity (Wildman–Crippen MR) is 77.3 cm³/mol. The fourth-order valence-corrected chi connectivity index (χ4v) is 1.76. The smallest absolute Gasteiger partial charge is 0.203 e. The minimum absolute atomic E-state index is 0.0447. The zero-order chi connectivity index (χ0) is 13.8. The maximum atomic E-state index is 11.9. The molecule has 0 spiro atoms. The number of carbonyl (C=O) groups excluding carboxylic acids is 1. The van der Waals surface area contributed by atoms with Crippen molar-refractivity contribution in [2.24, 2.45) is 7.05 Å². The molecule has 0 radical (unpaired) electrons. The van der Waals surface area contributed by atoms with E-state index in [0.717, 1.165) is 11.3 Å². The van der Waals surface area contributed by atoms with Crippen molar-refractivity contribution in [1.29, 1.82) is 0 Å². The third-order valence-corrected chi connectivity index (χ3v) is 2.91. The van der Waals surface area contributed by atoms with E-state index < -0.39 is 0 Å². The number of benzene rings is 1. The van der Waals surface area contributed by atoms with Gasteiger partial charge < -0.3 is 4.90 Å². The summed E-state index contributed by atoms with van der Waals surface area (Å²) in [4.78, 5) is 14.0. The van der Waals surface area contributed by atoms with Crippen molar-refractivity contribution in [1.82, 2.24) is 9.78 Å². The summed E-state index contributed by atoms with van der Waals surface area (Å²) in [6.45, 7) is 0. The zero-order valence-corrected chi connectivity index (χ0v) is 11.4. The normalized spacial score (nSPS) is 10.9. The maximum Gasteiger partial charge on any atom is 0.203 e. The molecule has 1 aromatic carbocycles. The van der Waals surface area contributed by atoms with Gasteiger partial charge in [0.25, 0.3) is 0 Å². The summed E-state index contributed by atoms with van der Waals surface area (Å²) in [6, 6.07) is 9.73. The van der Waals surface area contributed by atoms with Gasteiger partial charge in [0.2, 0.25) is 5.78 Å². The Labute approximate surface area is 113 Å². The van der Waals surface area contributed by atoms with E-state index in [-0.39, 0.29) is 5.78 Å². The highest BCUT2D eigenvalue weighted by Gasteiger charge is 2.05. The van der Waals surface area contributed by atoms with E-state index in [9.17, 15) is 4.79 Å². The molecule has 2 rings (SSSR count). The van der Waals surface area contributed by atoms with Crippen molar-refractivity contribution in [3.05, 3.63) is 53.9 Å². The third kappa shape index (κ3) is 3.10. The molecule has 0 fully saturated rings. The second kappa shape index (κ2) is 5.52. The summed E-state index contributed by atoms with van der Waals surface area (Å²) in [5.74, 6) is -0.0447. The van der Waals surface area contributed by atoms with Crippen molar-refractivity contribution < 1.29 is 4.79 Å². The minimum atomic E-state index is -0.0447. The van der Waals surface area contributed by atoms with E-state index in [2.05, 4.69) is 5.10 Å². The van der Waals surface area contributed by atoms with Crippen LogP contribution in [0.25, 0.3) is 6.08 Å². The van der Waals surface area contributed by atoms with Crippen molar-refractivity contribution in [3.8, 4) is 0 Å². The molecular weight excluding hydrogens is 238 g/mol. The number of anilines is 1. The lowest BCUT2D eigenvalue weighted by molar-refractivity contribution is 0.103. The average Bonchev–Trinajstić information content (AvgIpc) is 2.83. The summed E-state index contributed by atoms with van der Waals surface area (Å²) in [6.07, 6.45) is 5.00. The fourth-order valence-electron chi connectivity index (χ4n) is 1.76. The highest BCUT2D eigenvalue weighted by Crippen LogP contribution is 2.13. The lowest BCUT2D eigenvalue weighted by Gasteiger charge is -2.11. The Hall–Kier alpha value is -2.36. The van der Waals surface area contributed by atoms with E-state index in [1.807, 2.05) is 49.3 Å². The molecule has 1 aromatic heterocycles. The van der Waals surface area contributed by atoms with Gasteiger partial charge >= 0.3 is 0 Å². The van der Waals surface area contributed by atoms with Crippen LogP contribution in [0.1, 0.15) is 16.1 Å². The molecule has 4 heteroatoms. The third-order valence-electron chi connectivity index (χ3n) is 2.91. The fraction of sp³-hybridized carbons (Fsp3) is 0.200. The van der Waals surface area contributed by atoms with Gasteiger partial charge in [-0.15, -0.1) is 0 Å². The van der Waals surface area contributed by atoms with Crippen LogP contribution in [0.4, 0.5) is 5.69 Å². The molecule has 19 heavy (non-hydrogen) atoms. The molecule has 1 heterocycles. The molecule has 98 valence electrons. The Morgan fingerprint density at radius 1 is 1.21 bits per heavy atom. The highest BCUT2D eigenvalue weighted by atomic mass is 16.1. The number of hydrogen-bond acceptors (Lipinski definition) is 3. The number of aromatic nitrogens is 2. The van der Waals surface area contributed by atoms with Crippen LogP contribution >= 0.6 is 0 Å².